The van der Waals surface area contributed by atoms with Gasteiger partial charge in [-0.3, -0.25) is 0 Å². The summed E-state index contributed by atoms with van der Waals surface area (Å²) in [6.45, 7) is 0. The molecule has 118 valence electrons. The van der Waals surface area contributed by atoms with E-state index in [0.29, 0.717) is 0 Å². The Morgan fingerprint density at radius 3 is 2.09 bits per heavy atom. The molecule has 1 amide bonds. The maximum atomic E-state index is 11.7. The molecule has 0 unspecified atom stereocenters. The van der Waals surface area contributed by atoms with Gasteiger partial charge in [0, 0.05) is 6.42 Å². The van der Waals surface area contributed by atoms with Crippen molar-refractivity contribution in [1.82, 2.24) is 5.32 Å². The first-order valence-electron chi connectivity index (χ1n) is 6.90. The zero-order chi connectivity index (χ0) is 16.7. The van der Waals surface area contributed by atoms with Gasteiger partial charge in [0.1, 0.15) is 6.04 Å². The topological polar surface area (TPSA) is 92.7 Å². The van der Waals surface area contributed by atoms with Crippen LogP contribution >= 0.6 is 0 Å². The predicted octanol–water partition coefficient (Wildman–Crippen LogP) is 2.25. The highest BCUT2D eigenvalue weighted by atomic mass is 16.6. The molecule has 0 aliphatic carbocycles. The van der Waals surface area contributed by atoms with E-state index in [9.17, 15) is 19.5 Å². The van der Waals surface area contributed by atoms with Crippen LogP contribution in [0, 0.1) is 0 Å². The second-order valence-corrected chi connectivity index (χ2v) is 4.77. The van der Waals surface area contributed by atoms with E-state index in [2.05, 4.69) is 10.1 Å². The first-order chi connectivity index (χ1) is 11.1. The third-order valence-electron chi connectivity index (χ3n) is 3.07. The molecule has 2 aromatic carbocycles. The molecule has 0 fully saturated rings. The van der Waals surface area contributed by atoms with Crippen LogP contribution in [0.1, 0.15) is 15.9 Å². The van der Waals surface area contributed by atoms with Gasteiger partial charge in [0.05, 0.1) is 5.56 Å². The molecule has 6 heteroatoms. The number of hydrogen-bond acceptors (Lipinski definition) is 4. The molecule has 0 spiro atoms. The van der Waals surface area contributed by atoms with E-state index in [1.165, 1.54) is 12.1 Å². The van der Waals surface area contributed by atoms with Gasteiger partial charge in [-0.2, -0.15) is 0 Å². The highest BCUT2D eigenvalue weighted by Gasteiger charge is 2.22. The van der Waals surface area contributed by atoms with Gasteiger partial charge in [-0.25, -0.2) is 14.4 Å². The molecule has 0 heterocycles. The number of alkyl carbamates (subject to hydrolysis) is 1. The van der Waals surface area contributed by atoms with Gasteiger partial charge in [0.15, 0.2) is 0 Å². The van der Waals surface area contributed by atoms with Gasteiger partial charge in [-0.05, 0) is 17.7 Å². The number of carbonyl (C=O) groups is 3. The van der Waals surface area contributed by atoms with Gasteiger partial charge in [0.2, 0.25) is 0 Å². The molecule has 0 aromatic heterocycles. The van der Waals surface area contributed by atoms with Crippen LogP contribution in [0.15, 0.2) is 60.7 Å². The number of carboxylic acid groups (broad SMARTS) is 1. The summed E-state index contributed by atoms with van der Waals surface area (Å²) in [7, 11) is 0. The van der Waals surface area contributed by atoms with Crippen LogP contribution in [0.3, 0.4) is 0 Å². The average molecular weight is 313 g/mol. The zero-order valence-corrected chi connectivity index (χ0v) is 12.1. The van der Waals surface area contributed by atoms with Crippen molar-refractivity contribution < 1.29 is 24.2 Å². The van der Waals surface area contributed by atoms with E-state index in [-0.39, 0.29) is 12.0 Å². The number of aliphatic carboxylic acids is 1. The Balaban J connectivity index is 1.96. The Morgan fingerprint density at radius 1 is 0.957 bits per heavy atom. The van der Waals surface area contributed by atoms with Gasteiger partial charge < -0.3 is 15.2 Å². The Hall–Kier alpha value is -3.15. The van der Waals surface area contributed by atoms with Crippen LogP contribution in [-0.2, 0) is 16.0 Å². The smallest absolute Gasteiger partial charge is 0.415 e. The summed E-state index contributed by atoms with van der Waals surface area (Å²) < 4.78 is 4.60. The molecule has 1 atom stereocenters. The van der Waals surface area contributed by atoms with Crippen molar-refractivity contribution in [1.29, 1.82) is 0 Å². The highest BCUT2D eigenvalue weighted by Crippen LogP contribution is 2.05. The fraction of sp³-hybridized carbons (Fsp3) is 0.118. The fourth-order valence-corrected chi connectivity index (χ4v) is 1.94. The largest absolute Gasteiger partial charge is 0.480 e. The summed E-state index contributed by atoms with van der Waals surface area (Å²) in [5.41, 5.74) is 0.951. The zero-order valence-electron chi connectivity index (χ0n) is 12.1. The first-order valence-corrected chi connectivity index (χ1v) is 6.90. The summed E-state index contributed by atoms with van der Waals surface area (Å²) in [5, 5.41) is 11.4. The third-order valence-corrected chi connectivity index (χ3v) is 3.07. The third kappa shape index (κ3) is 4.96. The fourth-order valence-electron chi connectivity index (χ4n) is 1.94. The van der Waals surface area contributed by atoms with Gasteiger partial charge in [-0.15, -0.1) is 0 Å². The molecule has 0 saturated heterocycles. The first kappa shape index (κ1) is 16.2. The summed E-state index contributed by atoms with van der Waals surface area (Å²) >= 11 is 0. The molecule has 0 aliphatic rings. The minimum Gasteiger partial charge on any atom is -0.480 e. The number of esters is 1. The molecule has 0 radical (unpaired) electrons. The summed E-state index contributed by atoms with van der Waals surface area (Å²) in [4.78, 5) is 34.7. The molecular weight excluding hydrogens is 298 g/mol. The molecule has 0 aliphatic heterocycles. The highest BCUT2D eigenvalue weighted by molar-refractivity contribution is 5.97. The normalized spacial score (nSPS) is 11.3. The number of carboxylic acids is 1. The number of ether oxygens (including phenoxy) is 1. The number of carbonyl (C=O) groups excluding carboxylic acids is 2. The molecule has 2 rings (SSSR count). The Kier molecular flexibility index (Phi) is 5.46. The predicted molar refractivity (Wildman–Crippen MR) is 82.0 cm³/mol. The molecule has 6 nitrogen and oxygen atoms in total. The summed E-state index contributed by atoms with van der Waals surface area (Å²) in [6, 6.07) is 15.6. The lowest BCUT2D eigenvalue weighted by atomic mass is 10.1. The van der Waals surface area contributed by atoms with Crippen molar-refractivity contribution in [2.75, 3.05) is 0 Å². The molecule has 2 aromatic rings. The SMILES string of the molecule is O=C(N[C@@H](Cc1ccccc1)C(=O)O)OC(=O)c1ccccc1. The van der Waals surface area contributed by atoms with Crippen LogP contribution in [0.25, 0.3) is 0 Å². The second-order valence-electron chi connectivity index (χ2n) is 4.77. The molecule has 23 heavy (non-hydrogen) atoms. The monoisotopic (exact) mass is 313 g/mol. The van der Waals surface area contributed by atoms with Crippen LogP contribution in [0.4, 0.5) is 4.79 Å². The quantitative estimate of drug-likeness (QED) is 0.652. The van der Waals surface area contributed by atoms with Crippen molar-refractivity contribution in [2.24, 2.45) is 0 Å². The number of benzene rings is 2. The second kappa shape index (κ2) is 7.74. The number of nitrogens with one attached hydrogen (secondary N) is 1. The number of rotatable bonds is 5. The Labute approximate surface area is 132 Å². The van der Waals surface area contributed by atoms with Crippen LogP contribution in [-0.4, -0.2) is 29.2 Å². The van der Waals surface area contributed by atoms with Crippen molar-refractivity contribution in [2.45, 2.75) is 12.5 Å². The van der Waals surface area contributed by atoms with Crippen molar-refractivity contribution in [3.8, 4) is 0 Å². The van der Waals surface area contributed by atoms with E-state index in [1.807, 2.05) is 0 Å². The number of hydrogen-bond donors (Lipinski definition) is 2. The standard InChI is InChI=1S/C17H15NO5/c19-15(20)14(11-12-7-3-1-4-8-12)18-17(22)23-16(21)13-9-5-2-6-10-13/h1-10,14H,11H2,(H,18,22)(H,19,20)/t14-/m0/s1. The molecule has 2 N–H and O–H groups in total. The molecular formula is C17H15NO5. The molecule has 0 saturated carbocycles. The lowest BCUT2D eigenvalue weighted by Gasteiger charge is -2.14. The van der Waals surface area contributed by atoms with Gasteiger partial charge in [0.25, 0.3) is 0 Å². The van der Waals surface area contributed by atoms with Crippen LogP contribution < -0.4 is 5.32 Å². The van der Waals surface area contributed by atoms with E-state index >= 15 is 0 Å². The van der Waals surface area contributed by atoms with Gasteiger partial charge in [-0.1, -0.05) is 48.5 Å². The Morgan fingerprint density at radius 2 is 1.52 bits per heavy atom. The minimum atomic E-state index is -1.21. The van der Waals surface area contributed by atoms with Crippen LogP contribution in [0.2, 0.25) is 0 Å². The maximum Gasteiger partial charge on any atom is 0.415 e. The van der Waals surface area contributed by atoms with Crippen molar-refractivity contribution in [3.05, 3.63) is 71.8 Å². The minimum absolute atomic E-state index is 0.0881. The molecule has 0 bridgehead atoms. The maximum absolute atomic E-state index is 11.7. The van der Waals surface area contributed by atoms with E-state index < -0.39 is 24.1 Å². The summed E-state index contributed by atoms with van der Waals surface area (Å²) in [6.07, 6.45) is -1.01. The van der Waals surface area contributed by atoms with Crippen LogP contribution in [0.5, 0.6) is 0 Å². The van der Waals surface area contributed by atoms with E-state index in [1.54, 1.807) is 48.5 Å². The Bertz CT molecular complexity index is 685. The lowest BCUT2D eigenvalue weighted by molar-refractivity contribution is -0.139. The van der Waals surface area contributed by atoms with E-state index in [4.69, 9.17) is 0 Å². The van der Waals surface area contributed by atoms with Crippen molar-refractivity contribution in [3.63, 3.8) is 0 Å². The number of amides is 1. The van der Waals surface area contributed by atoms with Gasteiger partial charge >= 0.3 is 18.0 Å². The van der Waals surface area contributed by atoms with E-state index in [0.717, 1.165) is 5.56 Å². The average Bonchev–Trinajstić information content (AvgIpc) is 2.56. The van der Waals surface area contributed by atoms with Crippen molar-refractivity contribution >= 4 is 18.0 Å². The lowest BCUT2D eigenvalue weighted by Crippen LogP contribution is -2.43. The summed E-state index contributed by atoms with van der Waals surface area (Å²) in [5.74, 6) is -2.05.